The lowest BCUT2D eigenvalue weighted by atomic mass is 9.76. The van der Waals surface area contributed by atoms with Gasteiger partial charge in [-0.25, -0.2) is 18.0 Å². The van der Waals surface area contributed by atoms with Gasteiger partial charge in [-0.2, -0.15) is 4.31 Å². The van der Waals surface area contributed by atoms with Gasteiger partial charge in [-0.15, -0.1) is 11.3 Å². The quantitative estimate of drug-likeness (QED) is 0.0655. The van der Waals surface area contributed by atoms with Crippen LogP contribution in [-0.2, 0) is 50.0 Å². The topological polar surface area (TPSA) is 186 Å². The maximum atomic E-state index is 14.1. The van der Waals surface area contributed by atoms with Crippen molar-refractivity contribution in [2.75, 3.05) is 38.7 Å². The van der Waals surface area contributed by atoms with E-state index in [-0.39, 0.29) is 48.3 Å². The molecule has 2 fully saturated rings. The molecule has 3 aliphatic rings. The summed E-state index contributed by atoms with van der Waals surface area (Å²) in [5.74, 6) is -1.47. The van der Waals surface area contributed by atoms with Gasteiger partial charge >= 0.3 is 12.1 Å². The standard InChI is InChI=1S/C52H62N4O10S2/c1-32(2)29-56(68(61,62)39-14-12-38(63-6)13-15-39)30-44(57)43(55-50(60)66-45-31-65-52(5)42(45)20-24-64-52)25-33-7-10-37(11-8-33)54-28-36-26-35(34-18-22-53-23-19-34)9-16-40(36)48-47(49(58)59)41-27-51(3,4)21-17-46(41)67-48/h7-16,18-19,22-23,26,32,42-45,54,57H,17,20-21,24-25,27-31H2,1-6H3,(H,55,60)(H,58,59)/t42-,43-,44+,45-,52+/m0/s1. The van der Waals surface area contributed by atoms with Crippen molar-refractivity contribution in [3.63, 3.8) is 0 Å². The molecule has 0 radical (unpaired) electrons. The number of thiophene rings is 1. The Kier molecular flexibility index (Phi) is 14.7. The van der Waals surface area contributed by atoms with Crippen LogP contribution in [0.4, 0.5) is 10.5 Å². The Balaban J connectivity index is 1.04. The highest BCUT2D eigenvalue weighted by Gasteiger charge is 2.53. The van der Waals surface area contributed by atoms with Crippen molar-refractivity contribution in [2.45, 2.75) is 102 Å². The smallest absolute Gasteiger partial charge is 0.407 e. The number of carboxylic acid groups (broad SMARTS) is 1. The fourth-order valence-corrected chi connectivity index (χ4v) is 12.6. The first-order valence-electron chi connectivity index (χ1n) is 23.2. The van der Waals surface area contributed by atoms with Crippen molar-refractivity contribution < 1.29 is 47.2 Å². The highest BCUT2D eigenvalue weighted by atomic mass is 32.2. The van der Waals surface area contributed by atoms with Crippen molar-refractivity contribution in [2.24, 2.45) is 17.3 Å². The number of methoxy groups -OCH3 is 1. The third-order valence-corrected chi connectivity index (χ3v) is 16.6. The van der Waals surface area contributed by atoms with E-state index in [2.05, 4.69) is 35.5 Å². The number of alkyl carbamates (subject to hydrolysis) is 1. The van der Waals surface area contributed by atoms with E-state index in [4.69, 9.17) is 18.9 Å². The Morgan fingerprint density at radius 3 is 2.40 bits per heavy atom. The van der Waals surface area contributed by atoms with E-state index in [1.165, 1.54) is 23.5 Å². The molecule has 5 aromatic rings. The van der Waals surface area contributed by atoms with Crippen LogP contribution in [0.1, 0.15) is 79.4 Å². The molecule has 0 saturated carbocycles. The van der Waals surface area contributed by atoms with E-state index in [1.54, 1.807) is 35.9 Å². The van der Waals surface area contributed by atoms with Crippen LogP contribution in [0.2, 0.25) is 0 Å². The lowest BCUT2D eigenvalue weighted by molar-refractivity contribution is -0.181. The zero-order valence-electron chi connectivity index (χ0n) is 39.5. The van der Waals surface area contributed by atoms with Crippen LogP contribution >= 0.6 is 11.3 Å². The van der Waals surface area contributed by atoms with Crippen LogP contribution < -0.4 is 15.4 Å². The number of carbonyl (C=O) groups excluding carboxylic acids is 1. The lowest BCUT2D eigenvalue weighted by Gasteiger charge is -2.31. The molecule has 5 atom stereocenters. The number of sulfonamides is 1. The first-order chi connectivity index (χ1) is 32.4. The number of carbonyl (C=O) groups is 2. The molecule has 0 bridgehead atoms. The molecule has 8 rings (SSSR count). The van der Waals surface area contributed by atoms with Crippen molar-refractivity contribution in [1.82, 2.24) is 14.6 Å². The number of pyridine rings is 1. The summed E-state index contributed by atoms with van der Waals surface area (Å²) < 4.78 is 52.2. The van der Waals surface area contributed by atoms with E-state index in [0.29, 0.717) is 37.3 Å². The van der Waals surface area contributed by atoms with Crippen molar-refractivity contribution in [3.05, 3.63) is 118 Å². The summed E-state index contributed by atoms with van der Waals surface area (Å²) in [6.07, 6.45) is 4.22. The van der Waals surface area contributed by atoms with Crippen LogP contribution in [0.15, 0.2) is 96.2 Å². The molecule has 2 aromatic heterocycles. The summed E-state index contributed by atoms with van der Waals surface area (Å²) in [7, 11) is -2.57. The molecule has 3 aromatic carbocycles. The monoisotopic (exact) mass is 966 g/mol. The number of aromatic nitrogens is 1. The van der Waals surface area contributed by atoms with Gasteiger partial charge in [0.2, 0.25) is 10.0 Å². The zero-order chi connectivity index (χ0) is 48.4. The van der Waals surface area contributed by atoms with Crippen LogP contribution in [0.3, 0.4) is 0 Å². The number of aliphatic hydroxyl groups excluding tert-OH is 1. The van der Waals surface area contributed by atoms with Gasteiger partial charge in [0.1, 0.15) is 11.9 Å². The number of benzene rings is 3. The number of anilines is 1. The third kappa shape index (κ3) is 10.9. The largest absolute Gasteiger partial charge is 0.497 e. The van der Waals surface area contributed by atoms with Crippen LogP contribution in [0.5, 0.6) is 5.75 Å². The van der Waals surface area contributed by atoms with E-state index < -0.39 is 46.1 Å². The van der Waals surface area contributed by atoms with Crippen LogP contribution in [0.25, 0.3) is 21.6 Å². The molecule has 14 nitrogen and oxygen atoms in total. The highest BCUT2D eigenvalue weighted by molar-refractivity contribution is 7.89. The number of nitrogens with one attached hydrogen (secondary N) is 2. The molecular formula is C52H62N4O10S2. The third-order valence-electron chi connectivity index (χ3n) is 13.4. The highest BCUT2D eigenvalue weighted by Crippen LogP contribution is 2.47. The summed E-state index contributed by atoms with van der Waals surface area (Å²) in [6.45, 7) is 10.9. The SMILES string of the molecule is COc1ccc(S(=O)(=O)N(CC(C)C)C[C@@H](O)[C@H](Cc2ccc(NCc3cc(-c4ccncc4)ccc3-c3sc4c(c3C(=O)O)CC(C)(C)CC4)cc2)NC(=O)O[C@H]2CO[C@@]3(C)OCC[C@@H]23)cc1. The van der Waals surface area contributed by atoms with Crippen molar-refractivity contribution in [3.8, 4) is 27.3 Å². The minimum absolute atomic E-state index is 0.0138. The second-order valence-corrected chi connectivity index (χ2v) is 22.5. The van der Waals surface area contributed by atoms with Gasteiger partial charge in [0, 0.05) is 47.5 Å². The lowest BCUT2D eigenvalue weighted by Crippen LogP contribution is -2.51. The molecule has 2 saturated heterocycles. The van der Waals surface area contributed by atoms with Crippen molar-refractivity contribution in [1.29, 1.82) is 0 Å². The maximum absolute atomic E-state index is 14.1. The molecular weight excluding hydrogens is 905 g/mol. The Morgan fingerprint density at radius 1 is 0.971 bits per heavy atom. The van der Waals surface area contributed by atoms with Crippen molar-refractivity contribution >= 4 is 39.1 Å². The molecule has 68 heavy (non-hydrogen) atoms. The maximum Gasteiger partial charge on any atom is 0.407 e. The number of aryl methyl sites for hydroxylation is 1. The van der Waals surface area contributed by atoms with Crippen LogP contribution in [0, 0.1) is 17.3 Å². The van der Waals surface area contributed by atoms with Gasteiger partial charge < -0.3 is 39.8 Å². The van der Waals surface area contributed by atoms with Gasteiger partial charge in [-0.05, 0) is 138 Å². The summed E-state index contributed by atoms with van der Waals surface area (Å²) >= 11 is 1.58. The second kappa shape index (κ2) is 20.3. The molecule has 1 amide bonds. The minimum atomic E-state index is -4.07. The first kappa shape index (κ1) is 49.1. The summed E-state index contributed by atoms with van der Waals surface area (Å²) in [6, 6.07) is 22.8. The number of amides is 1. The molecule has 0 spiro atoms. The van der Waals surface area contributed by atoms with E-state index in [0.717, 1.165) is 61.7 Å². The number of aromatic carboxylic acids is 1. The Hall–Kier alpha value is -5.36. The fraction of sp³-hybridized carbons (Fsp3) is 0.442. The molecule has 4 heterocycles. The molecule has 0 unspecified atom stereocenters. The number of aliphatic hydroxyl groups is 1. The zero-order valence-corrected chi connectivity index (χ0v) is 41.1. The summed E-state index contributed by atoms with van der Waals surface area (Å²) in [5.41, 5.74) is 6.68. The van der Waals surface area contributed by atoms with Gasteiger partial charge in [0.25, 0.3) is 0 Å². The number of carboxylic acids is 1. The molecule has 16 heteroatoms. The van der Waals surface area contributed by atoms with Gasteiger partial charge in [-0.1, -0.05) is 52.0 Å². The number of hydrogen-bond donors (Lipinski definition) is 4. The Labute approximate surface area is 403 Å². The van der Waals surface area contributed by atoms with Gasteiger partial charge in [-0.3, -0.25) is 4.98 Å². The number of hydrogen-bond acceptors (Lipinski definition) is 12. The van der Waals surface area contributed by atoms with Gasteiger partial charge in [0.15, 0.2) is 5.79 Å². The molecule has 4 N–H and O–H groups in total. The first-order valence-corrected chi connectivity index (χ1v) is 25.5. The number of nitrogens with zero attached hydrogens (tertiary/aromatic N) is 2. The summed E-state index contributed by atoms with van der Waals surface area (Å²) in [5, 5.41) is 29.0. The van der Waals surface area contributed by atoms with E-state index in [9.17, 15) is 28.2 Å². The molecule has 362 valence electrons. The minimum Gasteiger partial charge on any atom is -0.497 e. The average Bonchev–Trinajstić information content (AvgIpc) is 3.98. The fourth-order valence-electron chi connectivity index (χ4n) is 9.66. The number of rotatable bonds is 18. The van der Waals surface area contributed by atoms with Crippen LogP contribution in [-0.4, -0.2) is 97.4 Å². The predicted octanol–water partition coefficient (Wildman–Crippen LogP) is 8.81. The van der Waals surface area contributed by atoms with E-state index >= 15 is 0 Å². The average molecular weight is 967 g/mol. The predicted molar refractivity (Wildman–Crippen MR) is 261 cm³/mol. The molecule has 1 aliphatic carbocycles. The Bertz CT molecular complexity index is 2690. The normalized spacial score (nSPS) is 20.7. The van der Waals surface area contributed by atoms with Gasteiger partial charge in [0.05, 0.1) is 48.8 Å². The number of fused-ring (bicyclic) bond motifs is 2. The second-order valence-electron chi connectivity index (χ2n) is 19.4. The summed E-state index contributed by atoms with van der Waals surface area (Å²) in [4.78, 5) is 32.8. The van der Waals surface area contributed by atoms with E-state index in [1.807, 2.05) is 69.3 Å². The number of ether oxygens (including phenoxy) is 4. The Morgan fingerprint density at radius 2 is 1.71 bits per heavy atom. The molecule has 2 aliphatic heterocycles.